The summed E-state index contributed by atoms with van der Waals surface area (Å²) in [6, 6.07) is 6.15. The maximum Gasteiger partial charge on any atom is 0.137 e. The average Bonchev–Trinajstić information content (AvgIpc) is 2.37. The van der Waals surface area contributed by atoms with Crippen LogP contribution in [0.5, 0.6) is 5.75 Å². The molecule has 1 N–H and O–H groups in total. The third-order valence-corrected chi connectivity index (χ3v) is 3.37. The minimum Gasteiger partial charge on any atom is -0.492 e. The molecule has 20 heavy (non-hydrogen) atoms. The van der Waals surface area contributed by atoms with Gasteiger partial charge in [-0.25, -0.2) is 0 Å². The largest absolute Gasteiger partial charge is 0.492 e. The lowest BCUT2D eigenvalue weighted by Gasteiger charge is -2.22. The van der Waals surface area contributed by atoms with Gasteiger partial charge in [0.2, 0.25) is 0 Å². The van der Waals surface area contributed by atoms with Gasteiger partial charge in [-0.2, -0.15) is 0 Å². The molecular formula is C16H26BrNO2. The fourth-order valence-corrected chi connectivity index (χ4v) is 2.22. The van der Waals surface area contributed by atoms with Gasteiger partial charge < -0.3 is 14.8 Å². The molecule has 0 aliphatic heterocycles. The quantitative estimate of drug-likeness (QED) is 0.719. The molecular weight excluding hydrogens is 318 g/mol. The first kappa shape index (κ1) is 17.5. The zero-order valence-electron chi connectivity index (χ0n) is 13.0. The number of hydrogen-bond acceptors (Lipinski definition) is 3. The molecule has 3 nitrogen and oxygen atoms in total. The molecule has 0 saturated carbocycles. The molecule has 0 atom stereocenters. The van der Waals surface area contributed by atoms with Gasteiger partial charge in [0.1, 0.15) is 5.75 Å². The fourth-order valence-electron chi connectivity index (χ4n) is 1.69. The number of halogens is 1. The molecule has 0 aliphatic rings. The second-order valence-electron chi connectivity index (χ2n) is 5.73. The van der Waals surface area contributed by atoms with Crippen LogP contribution >= 0.6 is 15.9 Å². The zero-order chi connectivity index (χ0) is 15.0. The molecule has 114 valence electrons. The van der Waals surface area contributed by atoms with Crippen LogP contribution in [-0.4, -0.2) is 25.4 Å². The van der Waals surface area contributed by atoms with E-state index in [4.69, 9.17) is 9.47 Å². The Bertz CT molecular complexity index is 402. The predicted octanol–water partition coefficient (Wildman–Crippen LogP) is 4.14. The highest BCUT2D eigenvalue weighted by atomic mass is 79.9. The Morgan fingerprint density at radius 3 is 2.60 bits per heavy atom. The molecule has 1 aromatic rings. The maximum absolute atomic E-state index is 5.91. The van der Waals surface area contributed by atoms with E-state index in [0.29, 0.717) is 6.61 Å². The highest BCUT2D eigenvalue weighted by Gasteiger charge is 2.12. The van der Waals surface area contributed by atoms with Crippen molar-refractivity contribution in [2.75, 3.05) is 19.8 Å². The summed E-state index contributed by atoms with van der Waals surface area (Å²) in [4.78, 5) is 0. The third kappa shape index (κ3) is 6.73. The van der Waals surface area contributed by atoms with Crippen LogP contribution in [0.3, 0.4) is 0 Å². The van der Waals surface area contributed by atoms with Gasteiger partial charge in [-0.05, 0) is 49.7 Å². The summed E-state index contributed by atoms with van der Waals surface area (Å²) < 4.78 is 12.2. The van der Waals surface area contributed by atoms with Gasteiger partial charge in [0.05, 0.1) is 11.1 Å². The average molecular weight is 344 g/mol. The molecule has 0 saturated heterocycles. The molecule has 1 aromatic carbocycles. The van der Waals surface area contributed by atoms with Crippen molar-refractivity contribution in [2.45, 2.75) is 46.2 Å². The van der Waals surface area contributed by atoms with E-state index >= 15 is 0 Å². The van der Waals surface area contributed by atoms with E-state index in [1.807, 2.05) is 19.1 Å². The lowest BCUT2D eigenvalue weighted by Crippen LogP contribution is -2.35. The third-order valence-electron chi connectivity index (χ3n) is 2.74. The Kier molecular flexibility index (Phi) is 7.56. The Labute approximate surface area is 131 Å². The summed E-state index contributed by atoms with van der Waals surface area (Å²) in [6.07, 6.45) is 0.904. The number of benzene rings is 1. The second kappa shape index (κ2) is 8.65. The summed E-state index contributed by atoms with van der Waals surface area (Å²) in [6.45, 7) is 11.5. The van der Waals surface area contributed by atoms with Gasteiger partial charge in [0, 0.05) is 37.3 Å². The highest BCUT2D eigenvalue weighted by molar-refractivity contribution is 9.10. The van der Waals surface area contributed by atoms with Crippen molar-refractivity contribution in [3.63, 3.8) is 0 Å². The van der Waals surface area contributed by atoms with Crippen LogP contribution in [0.25, 0.3) is 0 Å². The van der Waals surface area contributed by atoms with Crippen molar-refractivity contribution >= 4 is 15.9 Å². The normalized spacial score (nSPS) is 11.7. The Hall–Kier alpha value is -0.580. The topological polar surface area (TPSA) is 30.5 Å². The van der Waals surface area contributed by atoms with Crippen LogP contribution in [0.15, 0.2) is 22.7 Å². The molecule has 0 heterocycles. The van der Waals surface area contributed by atoms with Crippen LogP contribution < -0.4 is 10.1 Å². The van der Waals surface area contributed by atoms with Crippen LogP contribution in [0.2, 0.25) is 0 Å². The summed E-state index contributed by atoms with van der Waals surface area (Å²) in [5.74, 6) is 0.931. The van der Waals surface area contributed by atoms with Gasteiger partial charge in [-0.15, -0.1) is 0 Å². The van der Waals surface area contributed by atoms with E-state index in [9.17, 15) is 0 Å². The van der Waals surface area contributed by atoms with Crippen molar-refractivity contribution in [1.82, 2.24) is 5.32 Å². The van der Waals surface area contributed by atoms with Gasteiger partial charge in [-0.3, -0.25) is 0 Å². The first-order valence-electron chi connectivity index (χ1n) is 7.17. The summed E-state index contributed by atoms with van der Waals surface area (Å²) in [7, 11) is 0. The standard InChI is InChI=1S/C16H26BrNO2/c1-5-19-10-7-11-20-15-13(8-6-9-14(15)17)12-18-16(2,3)4/h6,8-9,18H,5,7,10-12H2,1-4H3. The molecule has 0 aromatic heterocycles. The highest BCUT2D eigenvalue weighted by Crippen LogP contribution is 2.29. The number of rotatable bonds is 8. The fraction of sp³-hybridized carbons (Fsp3) is 0.625. The Morgan fingerprint density at radius 2 is 1.95 bits per heavy atom. The predicted molar refractivity (Wildman–Crippen MR) is 87.3 cm³/mol. The maximum atomic E-state index is 5.91. The molecule has 0 unspecified atom stereocenters. The van der Waals surface area contributed by atoms with E-state index < -0.39 is 0 Å². The number of nitrogens with one attached hydrogen (secondary N) is 1. The molecule has 0 amide bonds. The van der Waals surface area contributed by atoms with Crippen molar-refractivity contribution in [2.24, 2.45) is 0 Å². The molecule has 0 fully saturated rings. The van der Waals surface area contributed by atoms with E-state index in [0.717, 1.165) is 36.4 Å². The van der Waals surface area contributed by atoms with Gasteiger partial charge in [-0.1, -0.05) is 12.1 Å². The molecule has 0 radical (unpaired) electrons. The number of hydrogen-bond donors (Lipinski definition) is 1. The van der Waals surface area contributed by atoms with E-state index in [-0.39, 0.29) is 5.54 Å². The van der Waals surface area contributed by atoms with Gasteiger partial charge >= 0.3 is 0 Å². The minimum absolute atomic E-state index is 0.0918. The molecule has 4 heteroatoms. The zero-order valence-corrected chi connectivity index (χ0v) is 14.5. The molecule has 0 bridgehead atoms. The number of para-hydroxylation sites is 1. The van der Waals surface area contributed by atoms with Crippen LogP contribution in [0, 0.1) is 0 Å². The van der Waals surface area contributed by atoms with Crippen molar-refractivity contribution < 1.29 is 9.47 Å². The molecule has 0 spiro atoms. The van der Waals surface area contributed by atoms with Crippen LogP contribution in [0.4, 0.5) is 0 Å². The summed E-state index contributed by atoms with van der Waals surface area (Å²) >= 11 is 3.57. The first-order chi connectivity index (χ1) is 9.44. The monoisotopic (exact) mass is 343 g/mol. The number of ether oxygens (including phenoxy) is 2. The van der Waals surface area contributed by atoms with Crippen molar-refractivity contribution in [1.29, 1.82) is 0 Å². The first-order valence-corrected chi connectivity index (χ1v) is 7.96. The smallest absolute Gasteiger partial charge is 0.137 e. The van der Waals surface area contributed by atoms with E-state index in [1.54, 1.807) is 0 Å². The molecule has 0 aliphatic carbocycles. The van der Waals surface area contributed by atoms with E-state index in [2.05, 4.69) is 48.1 Å². The Balaban J connectivity index is 2.59. The summed E-state index contributed by atoms with van der Waals surface area (Å²) in [5, 5.41) is 3.49. The van der Waals surface area contributed by atoms with Crippen LogP contribution in [-0.2, 0) is 11.3 Å². The minimum atomic E-state index is 0.0918. The Morgan fingerprint density at radius 1 is 1.20 bits per heavy atom. The lowest BCUT2D eigenvalue weighted by atomic mass is 10.1. The summed E-state index contributed by atoms with van der Waals surface area (Å²) in [5.41, 5.74) is 1.26. The van der Waals surface area contributed by atoms with Gasteiger partial charge in [0.25, 0.3) is 0 Å². The van der Waals surface area contributed by atoms with Crippen LogP contribution in [0.1, 0.15) is 39.7 Å². The van der Waals surface area contributed by atoms with E-state index in [1.165, 1.54) is 5.56 Å². The van der Waals surface area contributed by atoms with Crippen molar-refractivity contribution in [3.05, 3.63) is 28.2 Å². The molecule has 1 rings (SSSR count). The van der Waals surface area contributed by atoms with Crippen molar-refractivity contribution in [3.8, 4) is 5.75 Å². The second-order valence-corrected chi connectivity index (χ2v) is 6.58. The van der Waals surface area contributed by atoms with Gasteiger partial charge in [0.15, 0.2) is 0 Å². The lowest BCUT2D eigenvalue weighted by molar-refractivity contribution is 0.130. The SMILES string of the molecule is CCOCCCOc1c(Br)cccc1CNC(C)(C)C.